The number of benzene rings is 1. The van der Waals surface area contributed by atoms with Crippen molar-refractivity contribution in [1.82, 2.24) is 10.4 Å². The number of fused-ring (bicyclic) bond motifs is 1. The second-order valence-corrected chi connectivity index (χ2v) is 7.26. The van der Waals surface area contributed by atoms with Gasteiger partial charge >= 0.3 is 0 Å². The Hall–Kier alpha value is -1.81. The van der Waals surface area contributed by atoms with Gasteiger partial charge in [-0.15, -0.1) is 0 Å². The molecule has 1 aromatic rings. The summed E-state index contributed by atoms with van der Waals surface area (Å²) in [5.41, 5.74) is 7.76. The minimum absolute atomic E-state index is 0.0188. The van der Waals surface area contributed by atoms with Crippen LogP contribution in [0.4, 0.5) is 5.69 Å². The molecule has 2 atom stereocenters. The summed E-state index contributed by atoms with van der Waals surface area (Å²) in [6, 6.07) is 6.30. The normalized spacial score (nSPS) is 25.9. The van der Waals surface area contributed by atoms with Crippen molar-refractivity contribution in [2.45, 2.75) is 51.5 Å². The molecule has 0 saturated carbocycles. The predicted molar refractivity (Wildman–Crippen MR) is 89.6 cm³/mol. The Kier molecular flexibility index (Phi) is 3.52. The molecule has 118 valence electrons. The summed E-state index contributed by atoms with van der Waals surface area (Å²) in [5.74, 6) is 0.451. The average Bonchev–Trinajstić information content (AvgIpc) is 2.87. The van der Waals surface area contributed by atoms with Crippen LogP contribution in [-0.4, -0.2) is 24.0 Å². The van der Waals surface area contributed by atoms with Crippen molar-refractivity contribution in [3.05, 3.63) is 41.1 Å². The van der Waals surface area contributed by atoms with E-state index in [0.29, 0.717) is 5.92 Å². The van der Waals surface area contributed by atoms with Crippen LogP contribution < -0.4 is 10.7 Å². The van der Waals surface area contributed by atoms with Gasteiger partial charge in [0.15, 0.2) is 0 Å². The molecule has 1 aromatic carbocycles. The number of hydrogen-bond donors (Lipinski definition) is 2. The van der Waals surface area contributed by atoms with Crippen LogP contribution in [0.25, 0.3) is 0 Å². The number of carbonyl (C=O) groups is 1. The van der Waals surface area contributed by atoms with E-state index < -0.39 is 0 Å². The standard InChI is InChI=1S/C18H25N3O/c1-11-9-18(3,4)14-7-6-8-15(16(11)14)19-17(22)13-10-21(5)20-12(13)2/h6-8,10-12,20H,9H2,1-5H3,(H,19,22)/t11-,12?/m1/s1. The highest BCUT2D eigenvalue weighted by Crippen LogP contribution is 2.48. The SMILES string of the molecule is CC1NN(C)C=C1C(=O)Nc1cccc2c1[C@H](C)CC2(C)C. The van der Waals surface area contributed by atoms with Gasteiger partial charge in [0.2, 0.25) is 0 Å². The van der Waals surface area contributed by atoms with Crippen LogP contribution in [0.1, 0.15) is 51.2 Å². The quantitative estimate of drug-likeness (QED) is 0.882. The molecule has 2 aliphatic rings. The number of hydrazine groups is 1. The van der Waals surface area contributed by atoms with Crippen molar-refractivity contribution < 1.29 is 4.79 Å². The highest BCUT2D eigenvalue weighted by atomic mass is 16.1. The van der Waals surface area contributed by atoms with Gasteiger partial charge < -0.3 is 10.3 Å². The van der Waals surface area contributed by atoms with Crippen LogP contribution in [0.3, 0.4) is 0 Å². The van der Waals surface area contributed by atoms with Gasteiger partial charge in [-0.05, 0) is 41.9 Å². The lowest BCUT2D eigenvalue weighted by Crippen LogP contribution is -2.33. The van der Waals surface area contributed by atoms with E-state index >= 15 is 0 Å². The molecular weight excluding hydrogens is 274 g/mol. The lowest BCUT2D eigenvalue weighted by Gasteiger charge is -2.19. The number of anilines is 1. The van der Waals surface area contributed by atoms with Gasteiger partial charge in [0.1, 0.15) is 0 Å². The topological polar surface area (TPSA) is 44.4 Å². The first kappa shape index (κ1) is 15.1. The van der Waals surface area contributed by atoms with Crippen molar-refractivity contribution in [3.63, 3.8) is 0 Å². The fraction of sp³-hybridized carbons (Fsp3) is 0.500. The lowest BCUT2D eigenvalue weighted by molar-refractivity contribution is -0.113. The molecule has 22 heavy (non-hydrogen) atoms. The Morgan fingerprint density at radius 1 is 1.36 bits per heavy atom. The van der Waals surface area contributed by atoms with E-state index in [0.717, 1.165) is 17.7 Å². The van der Waals surface area contributed by atoms with E-state index in [1.165, 1.54) is 11.1 Å². The lowest BCUT2D eigenvalue weighted by atomic mass is 9.86. The third-order valence-corrected chi connectivity index (χ3v) is 4.85. The molecule has 1 unspecified atom stereocenters. The largest absolute Gasteiger partial charge is 0.322 e. The molecule has 0 radical (unpaired) electrons. The van der Waals surface area contributed by atoms with Gasteiger partial charge in [0, 0.05) is 18.9 Å². The van der Waals surface area contributed by atoms with Crippen molar-refractivity contribution in [3.8, 4) is 0 Å². The first-order chi connectivity index (χ1) is 10.3. The summed E-state index contributed by atoms with van der Waals surface area (Å²) in [4.78, 5) is 12.6. The van der Waals surface area contributed by atoms with E-state index in [4.69, 9.17) is 0 Å². The van der Waals surface area contributed by atoms with E-state index in [9.17, 15) is 4.79 Å². The molecular formula is C18H25N3O. The number of nitrogens with zero attached hydrogens (tertiary/aromatic N) is 1. The molecule has 0 bridgehead atoms. The number of rotatable bonds is 2. The van der Waals surface area contributed by atoms with Crippen LogP contribution >= 0.6 is 0 Å². The predicted octanol–water partition coefficient (Wildman–Crippen LogP) is 3.13. The first-order valence-corrected chi connectivity index (χ1v) is 7.95. The molecule has 4 heteroatoms. The average molecular weight is 299 g/mol. The maximum atomic E-state index is 12.6. The zero-order chi connectivity index (χ0) is 16.1. The van der Waals surface area contributed by atoms with Gasteiger partial charge in [-0.2, -0.15) is 0 Å². The summed E-state index contributed by atoms with van der Waals surface area (Å²) in [5, 5.41) is 4.96. The van der Waals surface area contributed by atoms with Crippen LogP contribution in [0.5, 0.6) is 0 Å². The first-order valence-electron chi connectivity index (χ1n) is 7.95. The third-order valence-electron chi connectivity index (χ3n) is 4.85. The molecule has 2 N–H and O–H groups in total. The molecule has 1 heterocycles. The molecule has 1 aliphatic heterocycles. The van der Waals surface area contributed by atoms with E-state index in [1.54, 1.807) is 0 Å². The smallest absolute Gasteiger partial charge is 0.254 e. The summed E-state index contributed by atoms with van der Waals surface area (Å²) in [7, 11) is 1.90. The number of amides is 1. The van der Waals surface area contributed by atoms with Crippen molar-refractivity contribution in [2.75, 3.05) is 12.4 Å². The molecule has 0 saturated heterocycles. The Morgan fingerprint density at radius 3 is 2.73 bits per heavy atom. The van der Waals surface area contributed by atoms with Crippen LogP contribution in [0.15, 0.2) is 30.0 Å². The summed E-state index contributed by atoms with van der Waals surface area (Å²) < 4.78 is 0. The van der Waals surface area contributed by atoms with Gasteiger partial charge in [0.05, 0.1) is 11.6 Å². The molecule has 0 aromatic heterocycles. The minimum Gasteiger partial charge on any atom is -0.322 e. The Morgan fingerprint density at radius 2 is 2.09 bits per heavy atom. The molecule has 0 spiro atoms. The number of carbonyl (C=O) groups excluding carboxylic acids is 1. The fourth-order valence-corrected chi connectivity index (χ4v) is 3.96. The van der Waals surface area contributed by atoms with Crippen molar-refractivity contribution in [1.29, 1.82) is 0 Å². The van der Waals surface area contributed by atoms with E-state index in [-0.39, 0.29) is 17.4 Å². The maximum Gasteiger partial charge on any atom is 0.254 e. The molecule has 0 fully saturated rings. The Balaban J connectivity index is 1.90. The maximum absolute atomic E-state index is 12.6. The zero-order valence-electron chi connectivity index (χ0n) is 14.0. The molecule has 4 nitrogen and oxygen atoms in total. The molecule has 1 aliphatic carbocycles. The molecule has 3 rings (SSSR count). The molecule has 1 amide bonds. The van der Waals surface area contributed by atoms with Crippen molar-refractivity contribution >= 4 is 11.6 Å². The second kappa shape index (κ2) is 5.13. The van der Waals surface area contributed by atoms with Crippen LogP contribution in [0.2, 0.25) is 0 Å². The summed E-state index contributed by atoms with van der Waals surface area (Å²) in [6.07, 6.45) is 2.98. The number of nitrogens with one attached hydrogen (secondary N) is 2. The highest BCUT2D eigenvalue weighted by molar-refractivity contribution is 6.05. The fourth-order valence-electron chi connectivity index (χ4n) is 3.96. The van der Waals surface area contributed by atoms with Gasteiger partial charge in [0.25, 0.3) is 5.91 Å². The van der Waals surface area contributed by atoms with Gasteiger partial charge in [-0.3, -0.25) is 4.79 Å². The van der Waals surface area contributed by atoms with E-state index in [1.807, 2.05) is 37.3 Å². The monoisotopic (exact) mass is 299 g/mol. The Bertz CT molecular complexity index is 648. The van der Waals surface area contributed by atoms with Gasteiger partial charge in [-0.25, -0.2) is 5.43 Å². The summed E-state index contributed by atoms with van der Waals surface area (Å²) >= 11 is 0. The number of hydrogen-bond acceptors (Lipinski definition) is 3. The van der Waals surface area contributed by atoms with Crippen LogP contribution in [-0.2, 0) is 10.2 Å². The highest BCUT2D eigenvalue weighted by Gasteiger charge is 2.36. The van der Waals surface area contributed by atoms with Crippen molar-refractivity contribution in [2.24, 2.45) is 0 Å². The zero-order valence-corrected chi connectivity index (χ0v) is 14.0. The minimum atomic E-state index is -0.0188. The Labute approximate surface area is 132 Å². The van der Waals surface area contributed by atoms with Gasteiger partial charge in [-0.1, -0.05) is 32.9 Å². The second-order valence-electron chi connectivity index (χ2n) is 7.26. The summed E-state index contributed by atoms with van der Waals surface area (Å²) in [6.45, 7) is 8.80. The van der Waals surface area contributed by atoms with E-state index in [2.05, 4.69) is 37.6 Å². The third kappa shape index (κ3) is 2.41. The van der Waals surface area contributed by atoms with Crippen LogP contribution in [0, 0.1) is 0 Å².